The van der Waals surface area contributed by atoms with Crippen molar-refractivity contribution >= 4 is 16.0 Å². The minimum atomic E-state index is -3.44. The van der Waals surface area contributed by atoms with E-state index in [2.05, 4.69) is 49.5 Å². The molecule has 0 spiro atoms. The molecule has 0 bridgehead atoms. The highest BCUT2D eigenvalue weighted by Crippen LogP contribution is 2.14. The molecule has 3 rings (SSSR count). The Morgan fingerprint density at radius 1 is 1.07 bits per heavy atom. The summed E-state index contributed by atoms with van der Waals surface area (Å²) >= 11 is 0. The Kier molecular flexibility index (Phi) is 7.84. The first-order valence-corrected chi connectivity index (χ1v) is 11.7. The summed E-state index contributed by atoms with van der Waals surface area (Å²) in [4.78, 5) is 7.07. The molecular weight excluding hydrogens is 398 g/mol. The van der Waals surface area contributed by atoms with Crippen molar-refractivity contribution in [2.45, 2.75) is 36.9 Å². The molecule has 1 fully saturated rings. The molecule has 7 nitrogen and oxygen atoms in total. The van der Waals surface area contributed by atoms with Gasteiger partial charge in [0, 0.05) is 39.3 Å². The third-order valence-electron chi connectivity index (χ3n) is 5.34. The summed E-state index contributed by atoms with van der Waals surface area (Å²) in [6.07, 6.45) is 2.12. The lowest BCUT2D eigenvalue weighted by Gasteiger charge is -2.33. The van der Waals surface area contributed by atoms with Crippen molar-refractivity contribution in [2.75, 3.05) is 27.2 Å². The van der Waals surface area contributed by atoms with Crippen molar-refractivity contribution in [1.29, 1.82) is 0 Å². The van der Waals surface area contributed by atoms with E-state index in [1.807, 2.05) is 12.1 Å². The predicted octanol–water partition coefficient (Wildman–Crippen LogP) is 1.92. The molecule has 30 heavy (non-hydrogen) atoms. The van der Waals surface area contributed by atoms with E-state index in [-0.39, 0.29) is 4.90 Å². The number of rotatable bonds is 7. The molecule has 2 aromatic rings. The molecule has 1 aliphatic heterocycles. The number of sulfonamides is 1. The first-order chi connectivity index (χ1) is 14.5. The van der Waals surface area contributed by atoms with Crippen molar-refractivity contribution in [3.8, 4) is 0 Å². The predicted molar refractivity (Wildman–Crippen MR) is 121 cm³/mol. The van der Waals surface area contributed by atoms with Crippen molar-refractivity contribution < 1.29 is 8.42 Å². The maximum Gasteiger partial charge on any atom is 0.240 e. The molecule has 1 saturated heterocycles. The van der Waals surface area contributed by atoms with Crippen molar-refractivity contribution in [3.63, 3.8) is 0 Å². The second-order valence-corrected chi connectivity index (χ2v) is 9.35. The Labute approximate surface area is 179 Å². The molecule has 0 atom stereocenters. The number of likely N-dealkylation sites (tertiary alicyclic amines) is 1. The number of hydrogen-bond acceptors (Lipinski definition) is 4. The van der Waals surface area contributed by atoms with E-state index >= 15 is 0 Å². The van der Waals surface area contributed by atoms with Crippen LogP contribution in [0.15, 0.2) is 64.5 Å². The van der Waals surface area contributed by atoms with Gasteiger partial charge in [-0.3, -0.25) is 9.89 Å². The minimum Gasteiger partial charge on any atom is -0.354 e. The van der Waals surface area contributed by atoms with Gasteiger partial charge in [0.25, 0.3) is 0 Å². The molecule has 3 N–H and O–H groups in total. The van der Waals surface area contributed by atoms with Crippen LogP contribution >= 0.6 is 0 Å². The fourth-order valence-corrected chi connectivity index (χ4v) is 4.39. The maximum atomic E-state index is 12.0. The van der Waals surface area contributed by atoms with Crippen molar-refractivity contribution in [2.24, 2.45) is 4.99 Å². The van der Waals surface area contributed by atoms with Gasteiger partial charge in [0.05, 0.1) is 4.90 Å². The third kappa shape index (κ3) is 6.29. The first-order valence-electron chi connectivity index (χ1n) is 10.3. The van der Waals surface area contributed by atoms with Crippen LogP contribution in [-0.2, 0) is 23.1 Å². The Morgan fingerprint density at radius 3 is 2.43 bits per heavy atom. The third-order valence-corrected chi connectivity index (χ3v) is 6.75. The SMILES string of the molecule is CN=C(NCc1cccc(S(=O)(=O)NC)c1)NC1CCN(Cc2ccccc2)CC1. The summed E-state index contributed by atoms with van der Waals surface area (Å²) in [6, 6.07) is 17.9. The fraction of sp³-hybridized carbons (Fsp3) is 0.409. The number of hydrogen-bond donors (Lipinski definition) is 3. The van der Waals surface area contributed by atoms with Gasteiger partial charge in [0.2, 0.25) is 10.0 Å². The number of nitrogens with one attached hydrogen (secondary N) is 3. The van der Waals surface area contributed by atoms with Crippen LogP contribution in [0.3, 0.4) is 0 Å². The number of guanidine groups is 1. The average molecular weight is 430 g/mol. The van der Waals surface area contributed by atoms with Gasteiger partial charge in [-0.1, -0.05) is 42.5 Å². The van der Waals surface area contributed by atoms with Gasteiger partial charge < -0.3 is 10.6 Å². The van der Waals surface area contributed by atoms with Crippen LogP contribution in [0.4, 0.5) is 0 Å². The molecule has 162 valence electrons. The summed E-state index contributed by atoms with van der Waals surface area (Å²) in [5, 5.41) is 6.79. The summed E-state index contributed by atoms with van der Waals surface area (Å²) in [5.74, 6) is 0.735. The summed E-state index contributed by atoms with van der Waals surface area (Å²) in [7, 11) is -0.278. The normalized spacial score (nSPS) is 16.4. The van der Waals surface area contributed by atoms with E-state index in [1.54, 1.807) is 25.2 Å². The van der Waals surface area contributed by atoms with Gasteiger partial charge in [0.1, 0.15) is 0 Å². The second kappa shape index (κ2) is 10.6. The summed E-state index contributed by atoms with van der Waals surface area (Å²) in [6.45, 7) is 3.59. The monoisotopic (exact) mass is 429 g/mol. The Balaban J connectivity index is 1.47. The highest BCUT2D eigenvalue weighted by atomic mass is 32.2. The molecule has 1 heterocycles. The summed E-state index contributed by atoms with van der Waals surface area (Å²) in [5.41, 5.74) is 2.23. The van der Waals surface area contributed by atoms with Gasteiger partial charge in [-0.25, -0.2) is 13.1 Å². The van der Waals surface area contributed by atoms with Gasteiger partial charge in [-0.2, -0.15) is 0 Å². The molecule has 0 aliphatic carbocycles. The van der Waals surface area contributed by atoms with Crippen LogP contribution in [-0.4, -0.2) is 52.5 Å². The zero-order valence-electron chi connectivity index (χ0n) is 17.6. The van der Waals surface area contributed by atoms with Gasteiger partial charge in [-0.05, 0) is 43.1 Å². The van der Waals surface area contributed by atoms with Crippen LogP contribution < -0.4 is 15.4 Å². The zero-order valence-corrected chi connectivity index (χ0v) is 18.5. The Bertz CT molecular complexity index is 939. The van der Waals surface area contributed by atoms with E-state index in [0.29, 0.717) is 12.6 Å². The van der Waals surface area contributed by atoms with Crippen molar-refractivity contribution in [3.05, 3.63) is 65.7 Å². The molecular formula is C22H31N5O2S. The van der Waals surface area contributed by atoms with E-state index < -0.39 is 10.0 Å². The topological polar surface area (TPSA) is 85.8 Å². The minimum absolute atomic E-state index is 0.262. The number of aliphatic imine (C=N–C) groups is 1. The molecule has 1 aliphatic rings. The number of piperidine rings is 1. The van der Waals surface area contributed by atoms with Crippen LogP contribution in [0.1, 0.15) is 24.0 Å². The second-order valence-electron chi connectivity index (χ2n) is 7.46. The highest BCUT2D eigenvalue weighted by Gasteiger charge is 2.20. The maximum absolute atomic E-state index is 12.0. The van der Waals surface area contributed by atoms with Gasteiger partial charge in [0.15, 0.2) is 5.96 Å². The first kappa shape index (κ1) is 22.3. The van der Waals surface area contributed by atoms with E-state index in [1.165, 1.54) is 12.6 Å². The number of nitrogens with zero attached hydrogens (tertiary/aromatic N) is 2. The van der Waals surface area contributed by atoms with Gasteiger partial charge in [-0.15, -0.1) is 0 Å². The van der Waals surface area contributed by atoms with E-state index in [4.69, 9.17) is 0 Å². The van der Waals surface area contributed by atoms with Crippen LogP contribution in [0.2, 0.25) is 0 Å². The molecule has 0 aromatic heterocycles. The molecule has 0 radical (unpaired) electrons. The van der Waals surface area contributed by atoms with Crippen LogP contribution in [0.5, 0.6) is 0 Å². The lowest BCUT2D eigenvalue weighted by Crippen LogP contribution is -2.48. The smallest absolute Gasteiger partial charge is 0.240 e. The Morgan fingerprint density at radius 2 is 1.77 bits per heavy atom. The molecule has 8 heteroatoms. The largest absolute Gasteiger partial charge is 0.354 e. The van der Waals surface area contributed by atoms with Crippen molar-refractivity contribution in [1.82, 2.24) is 20.3 Å². The zero-order chi connectivity index (χ0) is 21.4. The van der Waals surface area contributed by atoms with Crippen LogP contribution in [0, 0.1) is 0 Å². The number of benzene rings is 2. The molecule has 0 amide bonds. The molecule has 2 aromatic carbocycles. The molecule has 0 unspecified atom stereocenters. The highest BCUT2D eigenvalue weighted by molar-refractivity contribution is 7.89. The quantitative estimate of drug-likeness (QED) is 0.463. The molecule has 0 saturated carbocycles. The Hall–Kier alpha value is -2.42. The van der Waals surface area contributed by atoms with Gasteiger partial charge >= 0.3 is 0 Å². The summed E-state index contributed by atoms with van der Waals surface area (Å²) < 4.78 is 26.3. The lowest BCUT2D eigenvalue weighted by atomic mass is 10.0. The fourth-order valence-electron chi connectivity index (χ4n) is 3.59. The van der Waals surface area contributed by atoms with Crippen LogP contribution in [0.25, 0.3) is 0 Å². The lowest BCUT2D eigenvalue weighted by molar-refractivity contribution is 0.198. The van der Waals surface area contributed by atoms with E-state index in [0.717, 1.165) is 44.0 Å². The average Bonchev–Trinajstić information content (AvgIpc) is 2.78. The van der Waals surface area contributed by atoms with E-state index in [9.17, 15) is 8.42 Å². The standard InChI is InChI=1S/C22H31N5O2S/c1-23-22(25-16-19-9-6-10-21(15-19)30(28,29)24-2)26-20-11-13-27(14-12-20)17-18-7-4-3-5-8-18/h3-10,15,20,24H,11-14,16-17H2,1-2H3,(H2,23,25,26).